The summed E-state index contributed by atoms with van der Waals surface area (Å²) in [5.74, 6) is 0.568. The van der Waals surface area contributed by atoms with E-state index < -0.39 is 10.8 Å². The summed E-state index contributed by atoms with van der Waals surface area (Å²) in [6, 6.07) is 9.12. The lowest BCUT2D eigenvalue weighted by molar-refractivity contribution is -0.384. The molecular weight excluding hydrogens is 314 g/mol. The smallest absolute Gasteiger partial charge is 0.275 e. The van der Waals surface area contributed by atoms with Crippen molar-refractivity contribution in [2.45, 2.75) is 0 Å². The number of hydrogen-bond donors (Lipinski definition) is 1. The first-order valence-corrected chi connectivity index (χ1v) is 6.94. The third kappa shape index (κ3) is 2.65. The number of nitro groups is 1. The van der Waals surface area contributed by atoms with Crippen molar-refractivity contribution in [1.29, 1.82) is 0 Å². The molecule has 0 aromatic heterocycles. The molecule has 0 bridgehead atoms. The van der Waals surface area contributed by atoms with E-state index in [4.69, 9.17) is 9.47 Å². The second-order valence-electron chi connectivity index (χ2n) is 4.94. The fourth-order valence-corrected chi connectivity index (χ4v) is 2.37. The van der Waals surface area contributed by atoms with Crippen LogP contribution in [0.3, 0.4) is 0 Å². The van der Waals surface area contributed by atoms with E-state index in [0.29, 0.717) is 28.4 Å². The predicted molar refractivity (Wildman–Crippen MR) is 87.5 cm³/mol. The number of benzene rings is 2. The molecule has 1 amide bonds. The fraction of sp³-hybridized carbons (Fsp3) is 0.125. The Balaban J connectivity index is 2.14. The molecular formula is C16H13N3O5. The van der Waals surface area contributed by atoms with E-state index in [1.165, 1.54) is 32.4 Å². The zero-order chi connectivity index (χ0) is 17.3. The topological polar surface area (TPSA) is 103 Å². The first-order chi connectivity index (χ1) is 11.5. The molecule has 122 valence electrons. The van der Waals surface area contributed by atoms with Crippen LogP contribution in [0.1, 0.15) is 5.56 Å². The minimum Gasteiger partial charge on any atom is -0.497 e. The number of nitrogens with zero attached hydrogens (tertiary/aromatic N) is 2. The number of ether oxygens (including phenoxy) is 2. The molecule has 1 heterocycles. The molecule has 0 saturated heterocycles. The molecule has 2 aromatic carbocycles. The first kappa shape index (κ1) is 15.5. The number of carbonyl (C=O) groups is 1. The lowest BCUT2D eigenvalue weighted by Crippen LogP contribution is -2.14. The molecule has 8 nitrogen and oxygen atoms in total. The van der Waals surface area contributed by atoms with Crippen molar-refractivity contribution in [1.82, 2.24) is 0 Å². The molecule has 0 aliphatic carbocycles. The molecule has 1 aliphatic heterocycles. The highest BCUT2D eigenvalue weighted by molar-refractivity contribution is 6.54. The molecule has 0 fully saturated rings. The minimum absolute atomic E-state index is 0.0836. The number of anilines is 1. The van der Waals surface area contributed by atoms with Gasteiger partial charge in [-0.2, -0.15) is 0 Å². The van der Waals surface area contributed by atoms with Gasteiger partial charge in [0.2, 0.25) is 0 Å². The van der Waals surface area contributed by atoms with Crippen LogP contribution in [0.2, 0.25) is 0 Å². The van der Waals surface area contributed by atoms with Crippen LogP contribution < -0.4 is 14.8 Å². The summed E-state index contributed by atoms with van der Waals surface area (Å²) in [6.45, 7) is 0. The molecule has 0 unspecified atom stereocenters. The number of fused-ring (bicyclic) bond motifs is 1. The molecule has 2 aromatic rings. The Morgan fingerprint density at radius 3 is 2.58 bits per heavy atom. The van der Waals surface area contributed by atoms with Crippen LogP contribution in [0.4, 0.5) is 17.1 Å². The Morgan fingerprint density at radius 2 is 1.92 bits per heavy atom. The van der Waals surface area contributed by atoms with Crippen LogP contribution in [0, 0.1) is 10.1 Å². The Kier molecular flexibility index (Phi) is 3.87. The van der Waals surface area contributed by atoms with E-state index in [9.17, 15) is 14.9 Å². The van der Waals surface area contributed by atoms with Gasteiger partial charge in [0.1, 0.15) is 22.9 Å². The second-order valence-corrected chi connectivity index (χ2v) is 4.94. The van der Waals surface area contributed by atoms with Crippen LogP contribution >= 0.6 is 0 Å². The molecule has 0 atom stereocenters. The van der Waals surface area contributed by atoms with Gasteiger partial charge in [-0.05, 0) is 18.2 Å². The van der Waals surface area contributed by atoms with Gasteiger partial charge < -0.3 is 14.8 Å². The first-order valence-electron chi connectivity index (χ1n) is 6.94. The summed E-state index contributed by atoms with van der Waals surface area (Å²) in [5, 5.41) is 13.6. The van der Waals surface area contributed by atoms with Crippen LogP contribution in [-0.4, -0.2) is 30.8 Å². The zero-order valence-corrected chi connectivity index (χ0v) is 12.9. The number of nitro benzene ring substituents is 1. The Bertz CT molecular complexity index is 876. The average Bonchev–Trinajstić information content (AvgIpc) is 2.89. The number of methoxy groups -OCH3 is 2. The van der Waals surface area contributed by atoms with Crippen LogP contribution in [0.25, 0.3) is 0 Å². The van der Waals surface area contributed by atoms with Crippen molar-refractivity contribution in [3.8, 4) is 11.5 Å². The highest BCUT2D eigenvalue weighted by Gasteiger charge is 2.28. The van der Waals surface area contributed by atoms with Crippen molar-refractivity contribution >= 4 is 28.7 Å². The van der Waals surface area contributed by atoms with Gasteiger partial charge in [-0.15, -0.1) is 0 Å². The van der Waals surface area contributed by atoms with Gasteiger partial charge in [-0.3, -0.25) is 14.9 Å². The predicted octanol–water partition coefficient (Wildman–Crippen LogP) is 2.68. The van der Waals surface area contributed by atoms with Gasteiger partial charge in [0.25, 0.3) is 11.6 Å². The summed E-state index contributed by atoms with van der Waals surface area (Å²) in [6.07, 6.45) is 0. The van der Waals surface area contributed by atoms with Gasteiger partial charge in [-0.25, -0.2) is 4.99 Å². The Morgan fingerprint density at radius 1 is 1.12 bits per heavy atom. The van der Waals surface area contributed by atoms with E-state index >= 15 is 0 Å². The summed E-state index contributed by atoms with van der Waals surface area (Å²) in [5.41, 5.74) is 1.21. The number of nitrogens with one attached hydrogen (secondary N) is 1. The van der Waals surface area contributed by atoms with Gasteiger partial charge in [0, 0.05) is 23.8 Å². The van der Waals surface area contributed by atoms with Crippen LogP contribution in [0.5, 0.6) is 11.5 Å². The summed E-state index contributed by atoms with van der Waals surface area (Å²) in [4.78, 5) is 27.0. The van der Waals surface area contributed by atoms with Gasteiger partial charge in [0.15, 0.2) is 0 Å². The Labute approximate surface area is 136 Å². The molecule has 8 heteroatoms. The van der Waals surface area contributed by atoms with Crippen LogP contribution in [-0.2, 0) is 4.79 Å². The maximum Gasteiger partial charge on any atom is 0.275 e. The van der Waals surface area contributed by atoms with Gasteiger partial charge >= 0.3 is 0 Å². The monoisotopic (exact) mass is 327 g/mol. The number of carbonyl (C=O) groups excluding carboxylic acids is 1. The number of non-ortho nitro benzene ring substituents is 1. The summed E-state index contributed by atoms with van der Waals surface area (Å²) >= 11 is 0. The lowest BCUT2D eigenvalue weighted by atomic mass is 10.1. The van der Waals surface area contributed by atoms with Crippen molar-refractivity contribution in [2.24, 2.45) is 4.99 Å². The minimum atomic E-state index is -0.521. The molecule has 0 radical (unpaired) electrons. The summed E-state index contributed by atoms with van der Waals surface area (Å²) in [7, 11) is 3.00. The Hall–Kier alpha value is -3.42. The standard InChI is InChI=1S/C16H13N3O5/c1-23-10-4-6-14(24-2)13(8-10)17-15-11-7-9(19(21)22)3-5-12(11)18-16(15)20/h3-8H,1-2H3,(H,17,18,20). The van der Waals surface area contributed by atoms with Crippen molar-refractivity contribution < 1.29 is 19.2 Å². The van der Waals surface area contributed by atoms with E-state index in [0.717, 1.165) is 0 Å². The van der Waals surface area contributed by atoms with Gasteiger partial charge in [0.05, 0.1) is 24.8 Å². The zero-order valence-electron chi connectivity index (χ0n) is 12.9. The van der Waals surface area contributed by atoms with Crippen molar-refractivity contribution in [3.05, 3.63) is 52.1 Å². The molecule has 3 rings (SSSR count). The van der Waals surface area contributed by atoms with Crippen LogP contribution in [0.15, 0.2) is 41.4 Å². The second kappa shape index (κ2) is 5.99. The molecule has 0 spiro atoms. The normalized spacial score (nSPS) is 14.2. The maximum atomic E-state index is 12.2. The highest BCUT2D eigenvalue weighted by atomic mass is 16.6. The summed E-state index contributed by atoms with van der Waals surface area (Å²) < 4.78 is 10.4. The number of hydrogen-bond acceptors (Lipinski definition) is 6. The van der Waals surface area contributed by atoms with E-state index in [1.807, 2.05) is 0 Å². The number of rotatable bonds is 4. The average molecular weight is 327 g/mol. The lowest BCUT2D eigenvalue weighted by Gasteiger charge is -2.07. The SMILES string of the molecule is COc1ccc(OC)c(N=C2C(=O)Nc3ccc([N+](=O)[O-])cc32)c1. The van der Waals surface area contributed by atoms with Crippen molar-refractivity contribution in [2.75, 3.05) is 19.5 Å². The van der Waals surface area contributed by atoms with Crippen molar-refractivity contribution in [3.63, 3.8) is 0 Å². The molecule has 0 saturated carbocycles. The third-order valence-electron chi connectivity index (χ3n) is 3.55. The van der Waals surface area contributed by atoms with E-state index in [2.05, 4.69) is 10.3 Å². The van der Waals surface area contributed by atoms with E-state index in [1.54, 1.807) is 18.2 Å². The van der Waals surface area contributed by atoms with E-state index in [-0.39, 0.29) is 11.4 Å². The molecule has 24 heavy (non-hydrogen) atoms. The number of aliphatic imine (C=N–C) groups is 1. The maximum absolute atomic E-state index is 12.2. The molecule has 1 N–H and O–H groups in total. The largest absolute Gasteiger partial charge is 0.497 e. The third-order valence-corrected chi connectivity index (χ3v) is 3.55. The fourth-order valence-electron chi connectivity index (χ4n) is 2.37. The quantitative estimate of drug-likeness (QED) is 0.687. The van der Waals surface area contributed by atoms with Gasteiger partial charge in [-0.1, -0.05) is 0 Å². The molecule has 1 aliphatic rings. The number of amides is 1. The highest BCUT2D eigenvalue weighted by Crippen LogP contribution is 2.34.